The Bertz CT molecular complexity index is 189. The predicted molar refractivity (Wildman–Crippen MR) is 70.4 cm³/mol. The summed E-state index contributed by atoms with van der Waals surface area (Å²) < 4.78 is 0. The molecule has 0 amide bonds. The average molecular weight is 230 g/mol. The standard InChI is InChI=1S/C12H26N2S/c1-5-10-9-14(6-7-15-10)11(8-13)12(2,3)4/h10-11H,5-9,13H2,1-4H3. The largest absolute Gasteiger partial charge is 0.329 e. The van der Waals surface area contributed by atoms with Gasteiger partial charge in [-0.1, -0.05) is 27.7 Å². The Morgan fingerprint density at radius 2 is 2.13 bits per heavy atom. The molecule has 0 bridgehead atoms. The fraction of sp³-hybridized carbons (Fsp3) is 1.00. The van der Waals surface area contributed by atoms with Crippen molar-refractivity contribution in [2.75, 3.05) is 25.4 Å². The van der Waals surface area contributed by atoms with Crippen LogP contribution in [0.1, 0.15) is 34.1 Å². The number of thioether (sulfide) groups is 1. The summed E-state index contributed by atoms with van der Waals surface area (Å²) in [6.45, 7) is 12.4. The van der Waals surface area contributed by atoms with E-state index in [-0.39, 0.29) is 0 Å². The molecule has 0 aromatic carbocycles. The number of nitrogens with zero attached hydrogens (tertiary/aromatic N) is 1. The van der Waals surface area contributed by atoms with E-state index in [2.05, 4.69) is 44.4 Å². The summed E-state index contributed by atoms with van der Waals surface area (Å²) in [4.78, 5) is 2.60. The predicted octanol–water partition coefficient (Wildman–Crippen LogP) is 2.19. The molecule has 1 heterocycles. The topological polar surface area (TPSA) is 29.3 Å². The molecule has 0 aliphatic carbocycles. The summed E-state index contributed by atoms with van der Waals surface area (Å²) in [6, 6.07) is 0.535. The molecule has 0 aromatic rings. The van der Waals surface area contributed by atoms with Gasteiger partial charge in [0, 0.05) is 36.7 Å². The SMILES string of the molecule is CCC1CN(C(CN)C(C)(C)C)CCS1. The first-order chi connectivity index (χ1) is 6.99. The molecule has 1 aliphatic rings. The average Bonchev–Trinajstić information content (AvgIpc) is 2.17. The van der Waals surface area contributed by atoms with E-state index in [9.17, 15) is 0 Å². The first kappa shape index (κ1) is 13.3. The fourth-order valence-electron chi connectivity index (χ4n) is 2.32. The maximum Gasteiger partial charge on any atom is 0.0267 e. The molecular weight excluding hydrogens is 204 g/mol. The number of hydrogen-bond donors (Lipinski definition) is 1. The van der Waals surface area contributed by atoms with Crippen LogP contribution >= 0.6 is 11.8 Å². The van der Waals surface area contributed by atoms with Gasteiger partial charge in [0.05, 0.1) is 0 Å². The van der Waals surface area contributed by atoms with Crippen molar-refractivity contribution in [1.82, 2.24) is 4.90 Å². The van der Waals surface area contributed by atoms with Gasteiger partial charge in [-0.15, -0.1) is 0 Å². The van der Waals surface area contributed by atoms with Crippen molar-refractivity contribution in [3.63, 3.8) is 0 Å². The molecule has 90 valence electrons. The van der Waals surface area contributed by atoms with Gasteiger partial charge in [-0.3, -0.25) is 4.90 Å². The van der Waals surface area contributed by atoms with Crippen molar-refractivity contribution in [2.45, 2.75) is 45.4 Å². The number of rotatable bonds is 3. The van der Waals surface area contributed by atoms with Gasteiger partial charge >= 0.3 is 0 Å². The van der Waals surface area contributed by atoms with Crippen LogP contribution in [0.4, 0.5) is 0 Å². The van der Waals surface area contributed by atoms with Crippen molar-refractivity contribution in [2.24, 2.45) is 11.1 Å². The molecule has 0 saturated carbocycles. The molecule has 1 aliphatic heterocycles. The Balaban J connectivity index is 2.60. The van der Waals surface area contributed by atoms with Crippen LogP contribution in [-0.4, -0.2) is 41.6 Å². The van der Waals surface area contributed by atoms with E-state index in [1.165, 1.54) is 25.3 Å². The molecule has 0 radical (unpaired) electrons. The van der Waals surface area contributed by atoms with Gasteiger partial charge in [0.25, 0.3) is 0 Å². The lowest BCUT2D eigenvalue weighted by Gasteiger charge is -2.43. The Labute approximate surface area is 99.0 Å². The Morgan fingerprint density at radius 1 is 1.47 bits per heavy atom. The highest BCUT2D eigenvalue weighted by Crippen LogP contribution is 2.29. The van der Waals surface area contributed by atoms with E-state index in [1.807, 2.05) is 0 Å². The maximum absolute atomic E-state index is 5.93. The van der Waals surface area contributed by atoms with Gasteiger partial charge in [-0.2, -0.15) is 11.8 Å². The van der Waals surface area contributed by atoms with Crippen molar-refractivity contribution in [3.05, 3.63) is 0 Å². The van der Waals surface area contributed by atoms with Gasteiger partial charge in [0.15, 0.2) is 0 Å². The lowest BCUT2D eigenvalue weighted by atomic mass is 9.85. The lowest BCUT2D eigenvalue weighted by Crippen LogP contribution is -2.53. The zero-order valence-corrected chi connectivity index (χ0v) is 11.4. The van der Waals surface area contributed by atoms with Crippen LogP contribution in [0.2, 0.25) is 0 Å². The van der Waals surface area contributed by atoms with Crippen LogP contribution in [0.3, 0.4) is 0 Å². The maximum atomic E-state index is 5.93. The minimum Gasteiger partial charge on any atom is -0.329 e. The zero-order valence-electron chi connectivity index (χ0n) is 10.6. The molecule has 15 heavy (non-hydrogen) atoms. The Morgan fingerprint density at radius 3 is 2.60 bits per heavy atom. The smallest absolute Gasteiger partial charge is 0.0267 e. The van der Waals surface area contributed by atoms with Gasteiger partial charge in [-0.25, -0.2) is 0 Å². The molecule has 2 unspecified atom stereocenters. The van der Waals surface area contributed by atoms with E-state index in [0.717, 1.165) is 11.8 Å². The second kappa shape index (κ2) is 5.55. The van der Waals surface area contributed by atoms with E-state index in [0.29, 0.717) is 11.5 Å². The van der Waals surface area contributed by atoms with Crippen LogP contribution < -0.4 is 5.73 Å². The minimum absolute atomic E-state index is 0.301. The summed E-state index contributed by atoms with van der Waals surface area (Å²) in [5.41, 5.74) is 6.23. The first-order valence-electron chi connectivity index (χ1n) is 6.04. The van der Waals surface area contributed by atoms with Crippen molar-refractivity contribution < 1.29 is 0 Å². The third-order valence-corrected chi connectivity index (χ3v) is 4.66. The normalized spacial score (nSPS) is 26.6. The Kier molecular flexibility index (Phi) is 4.94. The minimum atomic E-state index is 0.301. The number of nitrogens with two attached hydrogens (primary N) is 1. The summed E-state index contributed by atoms with van der Waals surface area (Å²) in [7, 11) is 0. The third kappa shape index (κ3) is 3.65. The second-order valence-corrected chi connectivity index (χ2v) is 6.92. The van der Waals surface area contributed by atoms with Crippen LogP contribution in [-0.2, 0) is 0 Å². The van der Waals surface area contributed by atoms with E-state index < -0.39 is 0 Å². The fourth-order valence-corrected chi connectivity index (χ4v) is 3.53. The van der Waals surface area contributed by atoms with Crippen LogP contribution in [0.15, 0.2) is 0 Å². The third-order valence-electron chi connectivity index (χ3n) is 3.29. The van der Waals surface area contributed by atoms with Crippen LogP contribution in [0, 0.1) is 5.41 Å². The second-order valence-electron chi connectivity index (χ2n) is 5.51. The summed E-state index contributed by atoms with van der Waals surface area (Å²) in [5.74, 6) is 1.27. The molecule has 0 aromatic heterocycles. The van der Waals surface area contributed by atoms with E-state index >= 15 is 0 Å². The lowest BCUT2D eigenvalue weighted by molar-refractivity contribution is 0.108. The first-order valence-corrected chi connectivity index (χ1v) is 7.09. The molecule has 2 atom stereocenters. The summed E-state index contributed by atoms with van der Waals surface area (Å²) in [6.07, 6.45) is 1.28. The molecular formula is C12H26N2S. The quantitative estimate of drug-likeness (QED) is 0.806. The molecule has 1 fully saturated rings. The molecule has 2 N–H and O–H groups in total. The van der Waals surface area contributed by atoms with Crippen molar-refractivity contribution in [1.29, 1.82) is 0 Å². The van der Waals surface area contributed by atoms with Gasteiger partial charge < -0.3 is 5.73 Å². The molecule has 2 nitrogen and oxygen atoms in total. The molecule has 3 heteroatoms. The monoisotopic (exact) mass is 230 g/mol. The number of hydrogen-bond acceptors (Lipinski definition) is 3. The van der Waals surface area contributed by atoms with Gasteiger partial charge in [0.2, 0.25) is 0 Å². The van der Waals surface area contributed by atoms with Crippen LogP contribution in [0.5, 0.6) is 0 Å². The molecule has 1 rings (SSSR count). The van der Waals surface area contributed by atoms with Crippen LogP contribution in [0.25, 0.3) is 0 Å². The van der Waals surface area contributed by atoms with Gasteiger partial charge in [-0.05, 0) is 11.8 Å². The van der Waals surface area contributed by atoms with Crippen molar-refractivity contribution >= 4 is 11.8 Å². The Hall–Kier alpha value is 0.270. The molecule has 0 spiro atoms. The highest BCUT2D eigenvalue weighted by atomic mass is 32.2. The zero-order chi connectivity index (χ0) is 11.5. The van der Waals surface area contributed by atoms with E-state index in [4.69, 9.17) is 5.73 Å². The summed E-state index contributed by atoms with van der Waals surface area (Å²) >= 11 is 2.12. The highest BCUT2D eigenvalue weighted by molar-refractivity contribution is 8.00. The summed E-state index contributed by atoms with van der Waals surface area (Å²) in [5, 5.41) is 0.815. The van der Waals surface area contributed by atoms with E-state index in [1.54, 1.807) is 0 Å². The molecule has 1 saturated heterocycles. The van der Waals surface area contributed by atoms with Gasteiger partial charge in [0.1, 0.15) is 0 Å². The van der Waals surface area contributed by atoms with Crippen molar-refractivity contribution in [3.8, 4) is 0 Å². The highest BCUT2D eigenvalue weighted by Gasteiger charge is 2.32.